The molecule has 0 bridgehead atoms. The van der Waals surface area contributed by atoms with Crippen molar-refractivity contribution in [3.8, 4) is 11.1 Å². The van der Waals surface area contributed by atoms with Crippen molar-refractivity contribution in [1.29, 1.82) is 0 Å². The van der Waals surface area contributed by atoms with Crippen LogP contribution in [0.15, 0.2) is 84.9 Å². The van der Waals surface area contributed by atoms with Crippen LogP contribution in [0.25, 0.3) is 11.1 Å². The van der Waals surface area contributed by atoms with Crippen LogP contribution in [0.1, 0.15) is 47.6 Å². The lowest BCUT2D eigenvalue weighted by molar-refractivity contribution is 0.0767. The predicted octanol–water partition coefficient (Wildman–Crippen LogP) is 5.70. The molecule has 1 aliphatic rings. The van der Waals surface area contributed by atoms with E-state index in [9.17, 15) is 4.79 Å². The maximum atomic E-state index is 13.6. The number of hydrogen-bond donors (Lipinski definition) is 1. The van der Waals surface area contributed by atoms with Crippen LogP contribution in [0.5, 0.6) is 0 Å². The number of rotatable bonds is 6. The van der Waals surface area contributed by atoms with Crippen LogP contribution < -0.4 is 5.32 Å². The van der Waals surface area contributed by atoms with Gasteiger partial charge in [-0.1, -0.05) is 91.7 Å². The number of amides is 1. The Labute approximate surface area is 179 Å². The Morgan fingerprint density at radius 2 is 1.40 bits per heavy atom. The molecule has 0 aromatic heterocycles. The van der Waals surface area contributed by atoms with Gasteiger partial charge in [-0.2, -0.15) is 0 Å². The molecule has 3 heteroatoms. The number of likely N-dealkylation sites (N-methyl/N-ethyl adjacent to an activating group) is 1. The molecule has 1 saturated carbocycles. The second-order valence-electron chi connectivity index (χ2n) is 8.43. The Bertz CT molecular complexity index is 976. The average Bonchev–Trinajstić information content (AvgIpc) is 3.30. The van der Waals surface area contributed by atoms with Crippen LogP contribution in [0.3, 0.4) is 0 Å². The van der Waals surface area contributed by atoms with E-state index in [1.54, 1.807) is 0 Å². The number of nitrogens with one attached hydrogen (secondary N) is 1. The van der Waals surface area contributed by atoms with Gasteiger partial charge < -0.3 is 10.2 Å². The highest BCUT2D eigenvalue weighted by Gasteiger charge is 2.44. The molecule has 4 rings (SSSR count). The van der Waals surface area contributed by atoms with E-state index in [4.69, 9.17) is 0 Å². The van der Waals surface area contributed by atoms with Gasteiger partial charge in [0.2, 0.25) is 0 Å². The molecule has 3 aromatic carbocycles. The summed E-state index contributed by atoms with van der Waals surface area (Å²) in [6, 6.07) is 28.4. The summed E-state index contributed by atoms with van der Waals surface area (Å²) < 4.78 is 0. The summed E-state index contributed by atoms with van der Waals surface area (Å²) in [7, 11) is 4.29. The Balaban J connectivity index is 1.72. The van der Waals surface area contributed by atoms with Crippen molar-refractivity contribution in [1.82, 2.24) is 10.2 Å². The summed E-state index contributed by atoms with van der Waals surface area (Å²) in [6.45, 7) is 0. The molecule has 0 radical (unpaired) electrons. The van der Waals surface area contributed by atoms with Gasteiger partial charge in [-0.3, -0.25) is 4.79 Å². The minimum atomic E-state index is -0.0707. The molecule has 0 heterocycles. The fourth-order valence-corrected chi connectivity index (χ4v) is 4.91. The first kappa shape index (κ1) is 20.4. The third-order valence-corrected chi connectivity index (χ3v) is 6.56. The molecule has 0 saturated heterocycles. The summed E-state index contributed by atoms with van der Waals surface area (Å²) in [4.78, 5) is 15.9. The predicted molar refractivity (Wildman–Crippen MR) is 123 cm³/mol. The quantitative estimate of drug-likeness (QED) is 0.578. The maximum absolute atomic E-state index is 13.6. The summed E-state index contributed by atoms with van der Waals surface area (Å²) in [6.07, 6.45) is 4.55. The molecule has 1 aliphatic carbocycles. The third-order valence-electron chi connectivity index (χ3n) is 6.56. The van der Waals surface area contributed by atoms with Crippen molar-refractivity contribution in [3.63, 3.8) is 0 Å². The Morgan fingerprint density at radius 1 is 0.833 bits per heavy atom. The molecule has 1 amide bonds. The summed E-state index contributed by atoms with van der Waals surface area (Å²) >= 11 is 0. The zero-order valence-electron chi connectivity index (χ0n) is 17.8. The highest BCUT2D eigenvalue weighted by Crippen LogP contribution is 2.43. The molecule has 3 nitrogen and oxygen atoms in total. The minimum Gasteiger partial charge on any atom is -0.343 e. The Hall–Kier alpha value is -2.91. The molecule has 0 aliphatic heterocycles. The van der Waals surface area contributed by atoms with Crippen LogP contribution in [0.4, 0.5) is 0 Å². The van der Waals surface area contributed by atoms with Crippen LogP contribution in [0, 0.1) is 0 Å². The highest BCUT2D eigenvalue weighted by molar-refractivity contribution is 6.01. The average molecular weight is 399 g/mol. The molecule has 1 atom stereocenters. The highest BCUT2D eigenvalue weighted by atomic mass is 16.1. The molecule has 154 valence electrons. The molecule has 3 aromatic rings. The Kier molecular flexibility index (Phi) is 6.01. The van der Waals surface area contributed by atoms with E-state index >= 15 is 0 Å². The van der Waals surface area contributed by atoms with Gasteiger partial charge in [-0.15, -0.1) is 0 Å². The van der Waals surface area contributed by atoms with Gasteiger partial charge in [0, 0.05) is 11.1 Å². The van der Waals surface area contributed by atoms with Gasteiger partial charge in [0.25, 0.3) is 5.91 Å². The summed E-state index contributed by atoms with van der Waals surface area (Å²) in [5, 5.41) is 3.44. The van der Waals surface area contributed by atoms with Crippen molar-refractivity contribution >= 4 is 5.91 Å². The van der Waals surface area contributed by atoms with E-state index in [2.05, 4.69) is 60.7 Å². The number of benzene rings is 3. The smallest absolute Gasteiger partial charge is 0.252 e. The largest absolute Gasteiger partial charge is 0.343 e. The molecule has 1 unspecified atom stereocenters. The van der Waals surface area contributed by atoms with Gasteiger partial charge >= 0.3 is 0 Å². The van der Waals surface area contributed by atoms with Crippen molar-refractivity contribution in [2.75, 3.05) is 14.1 Å². The van der Waals surface area contributed by atoms with Gasteiger partial charge in [0.15, 0.2) is 0 Å². The fraction of sp³-hybridized carbons (Fsp3) is 0.296. The lowest BCUT2D eigenvalue weighted by atomic mass is 9.82. The first-order chi connectivity index (χ1) is 14.6. The summed E-state index contributed by atoms with van der Waals surface area (Å²) in [5.41, 5.74) is 3.84. The molecule has 1 N–H and O–H groups in total. The standard InChI is InChI=1S/C27H30N2O/c1-29(2)27(19-11-12-20-27)25(22-15-7-4-8-16-22)28-26(30)24-18-10-9-17-23(24)21-13-5-3-6-14-21/h3-10,13-18,25H,11-12,19-20H2,1-2H3,(H,28,30). The van der Waals surface area contributed by atoms with Gasteiger partial charge in [0.05, 0.1) is 6.04 Å². The van der Waals surface area contributed by atoms with Crippen molar-refractivity contribution in [2.45, 2.75) is 37.3 Å². The van der Waals surface area contributed by atoms with Crippen LogP contribution in [-0.4, -0.2) is 30.4 Å². The van der Waals surface area contributed by atoms with E-state index in [0.717, 1.165) is 29.5 Å². The van der Waals surface area contributed by atoms with E-state index < -0.39 is 0 Å². The van der Waals surface area contributed by atoms with Crippen molar-refractivity contribution in [3.05, 3.63) is 96.1 Å². The zero-order valence-corrected chi connectivity index (χ0v) is 17.8. The summed E-state index contributed by atoms with van der Waals surface area (Å²) in [5.74, 6) is -0.0172. The molecular weight excluding hydrogens is 368 g/mol. The van der Waals surface area contributed by atoms with E-state index in [1.807, 2.05) is 48.5 Å². The third kappa shape index (κ3) is 3.90. The monoisotopic (exact) mass is 398 g/mol. The maximum Gasteiger partial charge on any atom is 0.252 e. The van der Waals surface area contributed by atoms with Gasteiger partial charge in [-0.05, 0) is 49.7 Å². The number of hydrogen-bond acceptors (Lipinski definition) is 2. The van der Waals surface area contributed by atoms with E-state index in [-0.39, 0.29) is 17.5 Å². The number of carbonyl (C=O) groups is 1. The second kappa shape index (κ2) is 8.85. The van der Waals surface area contributed by atoms with Crippen LogP contribution in [-0.2, 0) is 0 Å². The van der Waals surface area contributed by atoms with Crippen LogP contribution >= 0.6 is 0 Å². The lowest BCUT2D eigenvalue weighted by Crippen LogP contribution is -2.53. The molecule has 1 fully saturated rings. The first-order valence-corrected chi connectivity index (χ1v) is 10.8. The topological polar surface area (TPSA) is 32.3 Å². The van der Waals surface area contributed by atoms with E-state index in [1.165, 1.54) is 18.4 Å². The Morgan fingerprint density at radius 3 is 2.03 bits per heavy atom. The first-order valence-electron chi connectivity index (χ1n) is 10.8. The van der Waals surface area contributed by atoms with E-state index in [0.29, 0.717) is 0 Å². The van der Waals surface area contributed by atoms with Crippen molar-refractivity contribution < 1.29 is 4.79 Å². The number of nitrogens with zero attached hydrogens (tertiary/aromatic N) is 1. The lowest BCUT2D eigenvalue weighted by Gasteiger charge is -2.44. The van der Waals surface area contributed by atoms with Crippen molar-refractivity contribution in [2.24, 2.45) is 0 Å². The van der Waals surface area contributed by atoms with Gasteiger partial charge in [0.1, 0.15) is 0 Å². The molecule has 0 spiro atoms. The van der Waals surface area contributed by atoms with Gasteiger partial charge in [-0.25, -0.2) is 0 Å². The number of carbonyl (C=O) groups excluding carboxylic acids is 1. The molecule has 30 heavy (non-hydrogen) atoms. The SMILES string of the molecule is CN(C)C1(C(NC(=O)c2ccccc2-c2ccccc2)c2ccccc2)CCCC1. The minimum absolute atomic E-state index is 0.0172. The molecular formula is C27H30N2O. The second-order valence-corrected chi connectivity index (χ2v) is 8.43. The fourth-order valence-electron chi connectivity index (χ4n) is 4.91. The normalized spacial score (nSPS) is 16.4. The zero-order chi connectivity index (χ0) is 21.0. The van der Waals surface area contributed by atoms with Crippen LogP contribution in [0.2, 0.25) is 0 Å².